The van der Waals surface area contributed by atoms with Crippen LogP contribution < -0.4 is 10.6 Å². The van der Waals surface area contributed by atoms with Crippen molar-refractivity contribution in [2.75, 3.05) is 18.5 Å². The Labute approximate surface area is 135 Å². The molecule has 0 aromatic heterocycles. The molecule has 0 bridgehead atoms. The summed E-state index contributed by atoms with van der Waals surface area (Å²) in [7, 11) is 0. The van der Waals surface area contributed by atoms with Crippen LogP contribution in [0.5, 0.6) is 0 Å². The molecule has 0 atom stereocenters. The van der Waals surface area contributed by atoms with E-state index in [0.29, 0.717) is 38.2 Å². The third-order valence-corrected chi connectivity index (χ3v) is 3.77. The molecular formula is C14H16F3N3O4. The van der Waals surface area contributed by atoms with Gasteiger partial charge in [0.1, 0.15) is 5.56 Å². The zero-order valence-corrected chi connectivity index (χ0v) is 12.8. The smallest absolute Gasteiger partial charge is 0.381 e. The van der Waals surface area contributed by atoms with Crippen molar-refractivity contribution in [3.8, 4) is 0 Å². The zero-order chi connectivity index (χ0) is 18.0. The Morgan fingerprint density at radius 1 is 1.33 bits per heavy atom. The maximum absolute atomic E-state index is 12.9. The van der Waals surface area contributed by atoms with Gasteiger partial charge in [0.25, 0.3) is 5.69 Å². The minimum atomic E-state index is -4.90. The number of ether oxygens (including phenoxy) is 1. The third-order valence-electron chi connectivity index (χ3n) is 3.77. The first-order valence-corrected chi connectivity index (χ1v) is 7.13. The van der Waals surface area contributed by atoms with Crippen molar-refractivity contribution in [3.63, 3.8) is 0 Å². The number of hydrogen-bond donors (Lipinski definition) is 2. The number of benzene rings is 1. The number of carbonyl (C=O) groups excluding carboxylic acids is 1. The number of nitro benzene ring substituents is 1. The van der Waals surface area contributed by atoms with E-state index < -0.39 is 33.9 Å². The topological polar surface area (TPSA) is 93.5 Å². The molecule has 2 amide bonds. The van der Waals surface area contributed by atoms with Gasteiger partial charge >= 0.3 is 12.2 Å². The van der Waals surface area contributed by atoms with E-state index in [0.717, 1.165) is 6.07 Å². The molecular weight excluding hydrogens is 331 g/mol. The molecule has 2 N–H and O–H groups in total. The predicted molar refractivity (Wildman–Crippen MR) is 78.7 cm³/mol. The van der Waals surface area contributed by atoms with Crippen molar-refractivity contribution in [2.24, 2.45) is 0 Å². The van der Waals surface area contributed by atoms with E-state index in [4.69, 9.17) is 4.74 Å². The van der Waals surface area contributed by atoms with Gasteiger partial charge in [0, 0.05) is 30.5 Å². The normalized spacial score (nSPS) is 17.2. The van der Waals surface area contributed by atoms with E-state index >= 15 is 0 Å². The first-order chi connectivity index (χ1) is 11.1. The van der Waals surface area contributed by atoms with Crippen molar-refractivity contribution in [1.82, 2.24) is 5.32 Å². The van der Waals surface area contributed by atoms with Crippen LogP contribution >= 0.6 is 0 Å². The molecule has 1 aliphatic heterocycles. The number of amides is 2. The van der Waals surface area contributed by atoms with Crippen LogP contribution in [0.2, 0.25) is 0 Å². The highest BCUT2D eigenvalue weighted by atomic mass is 19.4. The highest BCUT2D eigenvalue weighted by molar-refractivity contribution is 5.90. The van der Waals surface area contributed by atoms with Crippen molar-refractivity contribution >= 4 is 17.4 Å². The third kappa shape index (κ3) is 4.34. The van der Waals surface area contributed by atoms with Gasteiger partial charge in [0.05, 0.1) is 4.92 Å². The van der Waals surface area contributed by atoms with Gasteiger partial charge in [-0.15, -0.1) is 0 Å². The fourth-order valence-electron chi connectivity index (χ4n) is 2.38. The molecule has 7 nitrogen and oxygen atoms in total. The lowest BCUT2D eigenvalue weighted by Gasteiger charge is -2.34. The molecule has 1 saturated heterocycles. The summed E-state index contributed by atoms with van der Waals surface area (Å²) >= 11 is 0. The number of nitro groups is 1. The summed E-state index contributed by atoms with van der Waals surface area (Å²) in [5.74, 6) is 0. The molecule has 1 fully saturated rings. The minimum Gasteiger partial charge on any atom is -0.381 e. The molecule has 0 saturated carbocycles. The van der Waals surface area contributed by atoms with Crippen molar-refractivity contribution in [3.05, 3.63) is 33.9 Å². The molecule has 10 heteroatoms. The molecule has 1 aromatic carbocycles. The van der Waals surface area contributed by atoms with E-state index in [2.05, 4.69) is 10.6 Å². The fraction of sp³-hybridized carbons (Fsp3) is 0.500. The molecule has 1 heterocycles. The van der Waals surface area contributed by atoms with Gasteiger partial charge in [-0.3, -0.25) is 10.1 Å². The van der Waals surface area contributed by atoms with Gasteiger partial charge in [-0.25, -0.2) is 4.79 Å². The molecule has 1 aromatic rings. The minimum absolute atomic E-state index is 0.180. The summed E-state index contributed by atoms with van der Waals surface area (Å²) in [5.41, 5.74) is -3.18. The first kappa shape index (κ1) is 18.0. The second-order valence-corrected chi connectivity index (χ2v) is 5.74. The van der Waals surface area contributed by atoms with Crippen LogP contribution in [0.3, 0.4) is 0 Å². The highest BCUT2D eigenvalue weighted by Crippen LogP contribution is 2.37. The summed E-state index contributed by atoms with van der Waals surface area (Å²) in [6.07, 6.45) is -3.74. The van der Waals surface area contributed by atoms with Crippen LogP contribution in [0.1, 0.15) is 25.3 Å². The molecule has 24 heavy (non-hydrogen) atoms. The number of carbonyl (C=O) groups is 1. The predicted octanol–water partition coefficient (Wildman–Crippen LogP) is 3.30. The second kappa shape index (κ2) is 6.63. The van der Waals surface area contributed by atoms with Crippen LogP contribution in [0.4, 0.5) is 29.3 Å². The number of hydrogen-bond acceptors (Lipinski definition) is 4. The molecule has 0 spiro atoms. The Bertz CT molecular complexity index is 643. The molecule has 0 aliphatic carbocycles. The van der Waals surface area contributed by atoms with Crippen molar-refractivity contribution in [2.45, 2.75) is 31.5 Å². The fourth-order valence-corrected chi connectivity index (χ4v) is 2.38. The summed E-state index contributed by atoms with van der Waals surface area (Å²) in [6.45, 7) is 2.77. The lowest BCUT2D eigenvalue weighted by molar-refractivity contribution is -0.388. The van der Waals surface area contributed by atoms with Crippen molar-refractivity contribution < 1.29 is 27.6 Å². The van der Waals surface area contributed by atoms with E-state index in [9.17, 15) is 28.1 Å². The van der Waals surface area contributed by atoms with Crippen LogP contribution in [-0.4, -0.2) is 29.7 Å². The Morgan fingerprint density at radius 3 is 2.50 bits per heavy atom. The Balaban J connectivity index is 2.15. The largest absolute Gasteiger partial charge is 0.423 e. The van der Waals surface area contributed by atoms with E-state index in [-0.39, 0.29) is 5.69 Å². The number of alkyl halides is 3. The Hall–Kier alpha value is -2.36. The molecule has 2 rings (SSSR count). The van der Waals surface area contributed by atoms with Crippen LogP contribution in [-0.2, 0) is 10.9 Å². The molecule has 1 aliphatic rings. The van der Waals surface area contributed by atoms with Gasteiger partial charge in [-0.05, 0) is 31.9 Å². The van der Waals surface area contributed by atoms with Gasteiger partial charge in [-0.2, -0.15) is 13.2 Å². The Morgan fingerprint density at radius 2 is 1.96 bits per heavy atom. The summed E-state index contributed by atoms with van der Waals surface area (Å²) < 4.78 is 43.9. The summed E-state index contributed by atoms with van der Waals surface area (Å²) in [5, 5.41) is 15.7. The van der Waals surface area contributed by atoms with E-state index in [1.165, 1.54) is 0 Å². The number of nitrogens with one attached hydrogen (secondary N) is 2. The van der Waals surface area contributed by atoms with Gasteiger partial charge < -0.3 is 15.4 Å². The lowest BCUT2D eigenvalue weighted by atomic mass is 9.93. The maximum Gasteiger partial charge on any atom is 0.423 e. The van der Waals surface area contributed by atoms with Crippen LogP contribution in [0, 0.1) is 10.1 Å². The van der Waals surface area contributed by atoms with Gasteiger partial charge in [0.15, 0.2) is 0 Å². The number of anilines is 1. The quantitative estimate of drug-likeness (QED) is 0.648. The summed E-state index contributed by atoms with van der Waals surface area (Å²) in [4.78, 5) is 21.6. The van der Waals surface area contributed by atoms with E-state index in [1.54, 1.807) is 0 Å². The standard InChI is InChI=1S/C14H16F3N3O4/c1-13(4-6-24-7-5-13)19-12(21)18-9-2-3-11(20(22)23)10(8-9)14(15,16)17/h2-3,8H,4-7H2,1H3,(H2,18,19,21). The monoisotopic (exact) mass is 347 g/mol. The number of urea groups is 1. The van der Waals surface area contributed by atoms with Crippen LogP contribution in [0.15, 0.2) is 18.2 Å². The maximum atomic E-state index is 12.9. The second-order valence-electron chi connectivity index (χ2n) is 5.74. The molecule has 0 radical (unpaired) electrons. The number of nitrogens with zero attached hydrogens (tertiary/aromatic N) is 1. The SMILES string of the molecule is CC1(NC(=O)Nc2ccc([N+](=O)[O-])c(C(F)(F)F)c2)CCOCC1. The first-order valence-electron chi connectivity index (χ1n) is 7.13. The van der Waals surface area contributed by atoms with Crippen LogP contribution in [0.25, 0.3) is 0 Å². The Kier molecular flexibility index (Phi) is 4.97. The van der Waals surface area contributed by atoms with E-state index in [1.807, 2.05) is 6.92 Å². The van der Waals surface area contributed by atoms with Gasteiger partial charge in [0.2, 0.25) is 0 Å². The zero-order valence-electron chi connectivity index (χ0n) is 12.8. The number of rotatable bonds is 3. The van der Waals surface area contributed by atoms with Gasteiger partial charge in [-0.1, -0.05) is 0 Å². The average molecular weight is 347 g/mol. The summed E-state index contributed by atoms with van der Waals surface area (Å²) in [6, 6.07) is 1.64. The number of halogens is 3. The molecule has 0 unspecified atom stereocenters. The average Bonchev–Trinajstić information content (AvgIpc) is 2.46. The highest BCUT2D eigenvalue weighted by Gasteiger charge is 2.38. The lowest BCUT2D eigenvalue weighted by Crippen LogP contribution is -2.51. The van der Waals surface area contributed by atoms with Crippen molar-refractivity contribution in [1.29, 1.82) is 0 Å². The molecule has 132 valence electrons.